The van der Waals surface area contributed by atoms with Crippen molar-refractivity contribution < 1.29 is 19.2 Å². The lowest BCUT2D eigenvalue weighted by Crippen LogP contribution is -2.50. The van der Waals surface area contributed by atoms with E-state index in [0.29, 0.717) is 18.8 Å². The quantitative estimate of drug-likeness (QED) is 0.409. The molecule has 4 fully saturated rings. The van der Waals surface area contributed by atoms with E-state index in [2.05, 4.69) is 16.2 Å². The molecule has 4 saturated carbocycles. The third-order valence-electron chi connectivity index (χ3n) is 6.93. The number of carbonyl (C=O) groups is 2. The van der Waals surface area contributed by atoms with Crippen LogP contribution in [0.5, 0.6) is 5.75 Å². The first-order valence-electron chi connectivity index (χ1n) is 11.1. The first-order chi connectivity index (χ1) is 14.9. The molecule has 5 rings (SSSR count). The van der Waals surface area contributed by atoms with E-state index in [1.165, 1.54) is 31.4 Å². The van der Waals surface area contributed by atoms with Gasteiger partial charge in [0.2, 0.25) is 11.8 Å². The van der Waals surface area contributed by atoms with Crippen LogP contribution in [-0.2, 0) is 9.59 Å². The number of hydrazine groups is 1. The van der Waals surface area contributed by atoms with Gasteiger partial charge in [0.25, 0.3) is 5.69 Å². The molecule has 9 nitrogen and oxygen atoms in total. The molecule has 0 saturated heterocycles. The van der Waals surface area contributed by atoms with Crippen LogP contribution in [0.25, 0.3) is 0 Å². The number of rotatable bonds is 9. The second-order valence-electron chi connectivity index (χ2n) is 9.41. The first-order valence-corrected chi connectivity index (χ1v) is 11.1. The molecule has 1 aromatic carbocycles. The Kier molecular flexibility index (Phi) is 6.13. The molecule has 4 aliphatic carbocycles. The van der Waals surface area contributed by atoms with Crippen molar-refractivity contribution in [2.24, 2.45) is 23.2 Å². The summed E-state index contributed by atoms with van der Waals surface area (Å²) in [5.74, 6) is 2.12. The number of hydrogen-bond acceptors (Lipinski definition) is 6. The van der Waals surface area contributed by atoms with Crippen LogP contribution in [0.4, 0.5) is 11.4 Å². The van der Waals surface area contributed by atoms with Crippen LogP contribution < -0.4 is 20.9 Å². The fraction of sp³-hybridized carbons (Fsp3) is 0.636. The number of hydrogen-bond donors (Lipinski definition) is 3. The number of anilines is 1. The van der Waals surface area contributed by atoms with Crippen molar-refractivity contribution in [3.8, 4) is 5.75 Å². The molecule has 0 aliphatic heterocycles. The van der Waals surface area contributed by atoms with Crippen LogP contribution in [0, 0.1) is 33.3 Å². The molecule has 168 valence electrons. The highest BCUT2D eigenvalue weighted by Crippen LogP contribution is 2.61. The number of amides is 2. The van der Waals surface area contributed by atoms with Crippen molar-refractivity contribution >= 4 is 23.2 Å². The van der Waals surface area contributed by atoms with Crippen molar-refractivity contribution in [2.45, 2.75) is 51.9 Å². The Labute approximate surface area is 181 Å². The number of benzene rings is 1. The minimum absolute atomic E-state index is 0.0835. The molecule has 0 atom stereocenters. The lowest BCUT2D eigenvalue weighted by molar-refractivity contribution is -0.384. The lowest BCUT2D eigenvalue weighted by Gasteiger charge is -2.56. The number of nitro benzene ring substituents is 1. The van der Waals surface area contributed by atoms with Crippen molar-refractivity contribution in [1.29, 1.82) is 0 Å². The zero-order valence-electron chi connectivity index (χ0n) is 17.8. The maximum atomic E-state index is 12.5. The first kappa shape index (κ1) is 21.5. The summed E-state index contributed by atoms with van der Waals surface area (Å²) in [4.78, 5) is 35.4. The molecular formula is C22H30N4O5. The summed E-state index contributed by atoms with van der Waals surface area (Å²) in [6, 6.07) is 4.28. The van der Waals surface area contributed by atoms with Crippen molar-refractivity contribution in [1.82, 2.24) is 10.9 Å². The Morgan fingerprint density at radius 1 is 1.13 bits per heavy atom. The summed E-state index contributed by atoms with van der Waals surface area (Å²) in [6.45, 7) is 1.98. The van der Waals surface area contributed by atoms with E-state index in [9.17, 15) is 19.7 Å². The Bertz CT molecular complexity index is 836. The van der Waals surface area contributed by atoms with E-state index in [1.54, 1.807) is 13.0 Å². The standard InChI is InChI=1S/C22H30N4O5/c1-2-31-17-3-4-18(19(8-17)26(29)30)24-21(28)13-23-25-20(27)12-22-9-14-5-15(10-22)7-16(6-14)11-22/h3-4,8,14-16,23H,2,5-7,9-13H2,1H3,(H,24,28)(H,25,27). The highest BCUT2D eigenvalue weighted by Gasteiger charge is 2.51. The van der Waals surface area contributed by atoms with E-state index in [4.69, 9.17) is 4.74 Å². The molecule has 4 aliphatic rings. The highest BCUT2D eigenvalue weighted by molar-refractivity contribution is 5.94. The van der Waals surface area contributed by atoms with Gasteiger partial charge >= 0.3 is 0 Å². The minimum atomic E-state index is -0.571. The summed E-state index contributed by atoms with van der Waals surface area (Å²) in [7, 11) is 0. The average molecular weight is 431 g/mol. The van der Waals surface area contributed by atoms with Crippen LogP contribution in [0.3, 0.4) is 0 Å². The van der Waals surface area contributed by atoms with Crippen molar-refractivity contribution in [2.75, 3.05) is 18.5 Å². The average Bonchev–Trinajstić information content (AvgIpc) is 2.67. The molecule has 4 bridgehead atoms. The number of nitrogens with one attached hydrogen (secondary N) is 3. The van der Waals surface area contributed by atoms with Gasteiger partial charge in [-0.05, 0) is 80.8 Å². The van der Waals surface area contributed by atoms with Gasteiger partial charge in [-0.1, -0.05) is 0 Å². The minimum Gasteiger partial charge on any atom is -0.494 e. The molecule has 9 heteroatoms. The normalized spacial score (nSPS) is 28.2. The monoisotopic (exact) mass is 430 g/mol. The molecule has 0 aromatic heterocycles. The van der Waals surface area contributed by atoms with Crippen LogP contribution in [-0.4, -0.2) is 29.9 Å². The maximum Gasteiger partial charge on any atom is 0.296 e. The maximum absolute atomic E-state index is 12.5. The van der Waals surface area contributed by atoms with Crippen LogP contribution in [0.15, 0.2) is 18.2 Å². The summed E-state index contributed by atoms with van der Waals surface area (Å²) in [6.07, 6.45) is 7.93. The molecular weight excluding hydrogens is 400 g/mol. The largest absolute Gasteiger partial charge is 0.494 e. The molecule has 0 unspecified atom stereocenters. The number of nitro groups is 1. The summed E-state index contributed by atoms with van der Waals surface area (Å²) >= 11 is 0. The van der Waals surface area contributed by atoms with Gasteiger partial charge in [0.1, 0.15) is 11.4 Å². The smallest absolute Gasteiger partial charge is 0.296 e. The van der Waals surface area contributed by atoms with Gasteiger partial charge in [0, 0.05) is 6.42 Å². The van der Waals surface area contributed by atoms with E-state index in [0.717, 1.165) is 37.0 Å². The molecule has 1 aromatic rings. The van der Waals surface area contributed by atoms with Gasteiger partial charge in [-0.25, -0.2) is 5.43 Å². The summed E-state index contributed by atoms with van der Waals surface area (Å²) < 4.78 is 5.27. The number of ether oxygens (including phenoxy) is 1. The Morgan fingerprint density at radius 2 is 1.77 bits per heavy atom. The molecule has 0 heterocycles. The van der Waals surface area contributed by atoms with Gasteiger partial charge in [0.05, 0.1) is 24.1 Å². The fourth-order valence-electron chi connectivity index (χ4n) is 6.33. The predicted octanol–water partition coefficient (Wildman–Crippen LogP) is 3.16. The Balaban J connectivity index is 1.25. The van der Waals surface area contributed by atoms with Gasteiger partial charge in [-0.3, -0.25) is 25.1 Å². The Hall–Kier alpha value is -2.68. The van der Waals surface area contributed by atoms with Gasteiger partial charge in [-0.15, -0.1) is 0 Å². The topological polar surface area (TPSA) is 123 Å². The zero-order chi connectivity index (χ0) is 22.0. The predicted molar refractivity (Wildman–Crippen MR) is 114 cm³/mol. The fourth-order valence-corrected chi connectivity index (χ4v) is 6.33. The van der Waals surface area contributed by atoms with Gasteiger partial charge < -0.3 is 10.1 Å². The SMILES string of the molecule is CCOc1ccc(NC(=O)CNNC(=O)CC23CC4CC(CC(C4)C2)C3)c([N+](=O)[O-])c1. The molecule has 31 heavy (non-hydrogen) atoms. The second-order valence-corrected chi connectivity index (χ2v) is 9.41. The summed E-state index contributed by atoms with van der Waals surface area (Å²) in [5, 5.41) is 13.8. The van der Waals surface area contributed by atoms with Crippen LogP contribution in [0.2, 0.25) is 0 Å². The Morgan fingerprint density at radius 3 is 2.35 bits per heavy atom. The van der Waals surface area contributed by atoms with Crippen molar-refractivity contribution in [3.63, 3.8) is 0 Å². The van der Waals surface area contributed by atoms with Gasteiger partial charge in [-0.2, -0.15) is 0 Å². The van der Waals surface area contributed by atoms with Crippen LogP contribution >= 0.6 is 0 Å². The zero-order valence-corrected chi connectivity index (χ0v) is 17.8. The molecule has 2 amide bonds. The van der Waals surface area contributed by atoms with E-state index >= 15 is 0 Å². The molecule has 0 spiro atoms. The second kappa shape index (κ2) is 8.82. The van der Waals surface area contributed by atoms with E-state index in [-0.39, 0.29) is 29.2 Å². The lowest BCUT2D eigenvalue weighted by atomic mass is 9.49. The molecule has 0 radical (unpaired) electrons. The van der Waals surface area contributed by atoms with E-state index < -0.39 is 10.8 Å². The highest BCUT2D eigenvalue weighted by atomic mass is 16.6. The third kappa shape index (κ3) is 4.98. The molecule has 3 N–H and O–H groups in total. The van der Waals surface area contributed by atoms with Crippen LogP contribution in [0.1, 0.15) is 51.9 Å². The third-order valence-corrected chi connectivity index (χ3v) is 6.93. The number of nitrogens with zero attached hydrogens (tertiary/aromatic N) is 1. The van der Waals surface area contributed by atoms with Crippen molar-refractivity contribution in [3.05, 3.63) is 28.3 Å². The number of carbonyl (C=O) groups excluding carboxylic acids is 2. The van der Waals surface area contributed by atoms with Gasteiger partial charge in [0.15, 0.2) is 0 Å². The summed E-state index contributed by atoms with van der Waals surface area (Å²) in [5.41, 5.74) is 5.26. The van der Waals surface area contributed by atoms with E-state index in [1.807, 2.05) is 0 Å².